The van der Waals surface area contributed by atoms with Crippen molar-refractivity contribution < 1.29 is 14.3 Å². The van der Waals surface area contributed by atoms with Gasteiger partial charge < -0.3 is 15.0 Å². The van der Waals surface area contributed by atoms with Gasteiger partial charge in [-0.3, -0.25) is 9.59 Å². The summed E-state index contributed by atoms with van der Waals surface area (Å²) in [4.78, 5) is 25.7. The van der Waals surface area contributed by atoms with Crippen molar-refractivity contribution in [1.29, 1.82) is 0 Å². The fourth-order valence-corrected chi connectivity index (χ4v) is 2.83. The molecule has 1 aromatic rings. The molecule has 1 aliphatic rings. The average molecular weight is 325 g/mol. The zero-order chi connectivity index (χ0) is 16.1. The standard InChI is InChI=1S/C16H21ClN2O3/c1-11(20)18-14-10-15(22-2)12(9-13(14)17)16(21)19-7-5-3-4-6-8-19/h9-10H,3-8H2,1-2H3,(H,18,20). The maximum absolute atomic E-state index is 12.7. The maximum Gasteiger partial charge on any atom is 0.257 e. The van der Waals surface area contributed by atoms with E-state index in [-0.39, 0.29) is 11.8 Å². The number of carbonyl (C=O) groups excluding carboxylic acids is 2. The maximum atomic E-state index is 12.7. The van der Waals surface area contributed by atoms with E-state index in [1.54, 1.807) is 12.1 Å². The Morgan fingerprint density at radius 3 is 2.36 bits per heavy atom. The fourth-order valence-electron chi connectivity index (χ4n) is 2.62. The average Bonchev–Trinajstić information content (AvgIpc) is 2.77. The number of anilines is 1. The predicted molar refractivity (Wildman–Crippen MR) is 86.7 cm³/mol. The molecular weight excluding hydrogens is 304 g/mol. The summed E-state index contributed by atoms with van der Waals surface area (Å²) in [5.41, 5.74) is 0.877. The first-order valence-corrected chi connectivity index (χ1v) is 7.85. The predicted octanol–water partition coefficient (Wildman–Crippen LogP) is 3.32. The van der Waals surface area contributed by atoms with Crippen molar-refractivity contribution in [3.8, 4) is 5.75 Å². The molecule has 1 heterocycles. The first kappa shape index (κ1) is 16.6. The third-order valence-corrected chi connectivity index (χ3v) is 4.04. The topological polar surface area (TPSA) is 58.6 Å². The number of halogens is 1. The molecule has 0 aliphatic carbocycles. The molecule has 0 bridgehead atoms. The smallest absolute Gasteiger partial charge is 0.257 e. The Hall–Kier alpha value is -1.75. The van der Waals surface area contributed by atoms with Gasteiger partial charge in [0.25, 0.3) is 5.91 Å². The number of amides is 2. The van der Waals surface area contributed by atoms with Crippen molar-refractivity contribution >= 4 is 29.1 Å². The molecule has 0 aromatic heterocycles. The summed E-state index contributed by atoms with van der Waals surface area (Å²) in [6.07, 6.45) is 4.35. The number of rotatable bonds is 3. The second-order valence-electron chi connectivity index (χ2n) is 5.42. The summed E-state index contributed by atoms with van der Waals surface area (Å²) < 4.78 is 5.31. The van der Waals surface area contributed by atoms with Gasteiger partial charge in [0.15, 0.2) is 0 Å². The third-order valence-electron chi connectivity index (χ3n) is 3.72. The molecule has 6 heteroatoms. The highest BCUT2D eigenvalue weighted by Crippen LogP contribution is 2.32. The van der Waals surface area contributed by atoms with Crippen LogP contribution >= 0.6 is 11.6 Å². The quantitative estimate of drug-likeness (QED) is 0.927. The molecule has 22 heavy (non-hydrogen) atoms. The van der Waals surface area contributed by atoms with E-state index in [9.17, 15) is 9.59 Å². The summed E-state index contributed by atoms with van der Waals surface area (Å²) in [7, 11) is 1.50. The monoisotopic (exact) mass is 324 g/mol. The van der Waals surface area contributed by atoms with Crippen LogP contribution < -0.4 is 10.1 Å². The minimum Gasteiger partial charge on any atom is -0.496 e. The number of methoxy groups -OCH3 is 1. The molecule has 1 saturated heterocycles. The molecule has 120 valence electrons. The van der Waals surface area contributed by atoms with Crippen molar-refractivity contribution in [2.24, 2.45) is 0 Å². The number of benzene rings is 1. The Morgan fingerprint density at radius 1 is 1.18 bits per heavy atom. The van der Waals surface area contributed by atoms with Crippen molar-refractivity contribution in [1.82, 2.24) is 4.90 Å². The van der Waals surface area contributed by atoms with Gasteiger partial charge in [0.2, 0.25) is 5.91 Å². The van der Waals surface area contributed by atoms with Crippen molar-refractivity contribution in [2.45, 2.75) is 32.6 Å². The SMILES string of the molecule is COc1cc(NC(C)=O)c(Cl)cc1C(=O)N1CCCCCC1. The van der Waals surface area contributed by atoms with Crippen LogP contribution in [0.4, 0.5) is 5.69 Å². The van der Waals surface area contributed by atoms with Crippen LogP contribution in [0.3, 0.4) is 0 Å². The molecule has 0 atom stereocenters. The fraction of sp³-hybridized carbons (Fsp3) is 0.500. The Kier molecular flexibility index (Phi) is 5.66. The second kappa shape index (κ2) is 7.49. The van der Waals surface area contributed by atoms with E-state index >= 15 is 0 Å². The second-order valence-corrected chi connectivity index (χ2v) is 5.83. The molecule has 0 saturated carbocycles. The number of likely N-dealkylation sites (tertiary alicyclic amines) is 1. The van der Waals surface area contributed by atoms with Crippen LogP contribution in [0.5, 0.6) is 5.75 Å². The first-order valence-electron chi connectivity index (χ1n) is 7.47. The summed E-state index contributed by atoms with van der Waals surface area (Å²) in [6.45, 7) is 2.92. The molecule has 1 N–H and O–H groups in total. The lowest BCUT2D eigenvalue weighted by atomic mass is 10.1. The van der Waals surface area contributed by atoms with Crippen molar-refractivity contribution in [3.05, 3.63) is 22.7 Å². The molecular formula is C16H21ClN2O3. The van der Waals surface area contributed by atoms with Crippen LogP contribution in [0.15, 0.2) is 12.1 Å². The number of nitrogens with one attached hydrogen (secondary N) is 1. The van der Waals surface area contributed by atoms with Gasteiger partial charge in [-0.1, -0.05) is 24.4 Å². The Bertz CT molecular complexity index is 567. The lowest BCUT2D eigenvalue weighted by Gasteiger charge is -2.22. The normalized spacial score (nSPS) is 15.1. The summed E-state index contributed by atoms with van der Waals surface area (Å²) >= 11 is 6.18. The number of nitrogens with zero attached hydrogens (tertiary/aromatic N) is 1. The first-order chi connectivity index (χ1) is 10.5. The Balaban J connectivity index is 2.30. The molecule has 1 aromatic carbocycles. The largest absolute Gasteiger partial charge is 0.496 e. The van der Waals surface area contributed by atoms with Gasteiger partial charge in [0.1, 0.15) is 5.75 Å². The number of hydrogen-bond donors (Lipinski definition) is 1. The summed E-state index contributed by atoms with van der Waals surface area (Å²) in [6, 6.07) is 3.16. The van der Waals surface area contributed by atoms with E-state index in [1.165, 1.54) is 14.0 Å². The summed E-state index contributed by atoms with van der Waals surface area (Å²) in [5.74, 6) is 0.118. The van der Waals surface area contributed by atoms with Gasteiger partial charge in [-0.15, -0.1) is 0 Å². The molecule has 2 amide bonds. The van der Waals surface area contributed by atoms with Gasteiger partial charge in [0, 0.05) is 26.1 Å². The Morgan fingerprint density at radius 2 is 1.82 bits per heavy atom. The molecule has 2 rings (SSSR count). The molecule has 5 nitrogen and oxygen atoms in total. The number of ether oxygens (including phenoxy) is 1. The van der Waals surface area contributed by atoms with E-state index in [4.69, 9.17) is 16.3 Å². The Labute approximate surface area is 135 Å². The molecule has 0 spiro atoms. The van der Waals surface area contributed by atoms with E-state index in [0.717, 1.165) is 38.8 Å². The van der Waals surface area contributed by atoms with E-state index in [1.807, 2.05) is 4.90 Å². The van der Waals surface area contributed by atoms with E-state index in [0.29, 0.717) is 22.0 Å². The number of carbonyl (C=O) groups is 2. The van der Waals surface area contributed by atoms with Gasteiger partial charge >= 0.3 is 0 Å². The zero-order valence-corrected chi connectivity index (χ0v) is 13.7. The highest BCUT2D eigenvalue weighted by atomic mass is 35.5. The van der Waals surface area contributed by atoms with Crippen LogP contribution in [0.1, 0.15) is 43.0 Å². The van der Waals surface area contributed by atoms with E-state index < -0.39 is 0 Å². The molecule has 1 aliphatic heterocycles. The van der Waals surface area contributed by atoms with Gasteiger partial charge in [-0.2, -0.15) is 0 Å². The van der Waals surface area contributed by atoms with Crippen LogP contribution in [0.25, 0.3) is 0 Å². The molecule has 0 unspecified atom stereocenters. The van der Waals surface area contributed by atoms with E-state index in [2.05, 4.69) is 5.32 Å². The van der Waals surface area contributed by atoms with Gasteiger partial charge in [-0.05, 0) is 18.9 Å². The van der Waals surface area contributed by atoms with Crippen LogP contribution in [0, 0.1) is 0 Å². The van der Waals surface area contributed by atoms with Crippen LogP contribution in [-0.2, 0) is 4.79 Å². The van der Waals surface area contributed by atoms with Crippen molar-refractivity contribution in [2.75, 3.05) is 25.5 Å². The zero-order valence-electron chi connectivity index (χ0n) is 12.9. The van der Waals surface area contributed by atoms with Gasteiger partial charge in [0.05, 0.1) is 23.4 Å². The van der Waals surface area contributed by atoms with Crippen LogP contribution in [0.2, 0.25) is 5.02 Å². The lowest BCUT2D eigenvalue weighted by Crippen LogP contribution is -2.32. The minimum atomic E-state index is -0.226. The highest BCUT2D eigenvalue weighted by Gasteiger charge is 2.22. The molecule has 1 fully saturated rings. The minimum absolute atomic E-state index is 0.0741. The van der Waals surface area contributed by atoms with Crippen LogP contribution in [-0.4, -0.2) is 36.9 Å². The third kappa shape index (κ3) is 3.91. The lowest BCUT2D eigenvalue weighted by molar-refractivity contribution is -0.114. The van der Waals surface area contributed by atoms with Gasteiger partial charge in [-0.25, -0.2) is 0 Å². The highest BCUT2D eigenvalue weighted by molar-refractivity contribution is 6.34. The molecule has 0 radical (unpaired) electrons. The number of hydrogen-bond acceptors (Lipinski definition) is 3. The summed E-state index contributed by atoms with van der Waals surface area (Å²) in [5, 5.41) is 2.96. The van der Waals surface area contributed by atoms with Crippen molar-refractivity contribution in [3.63, 3.8) is 0 Å².